The first-order valence-corrected chi connectivity index (χ1v) is 17.4. The van der Waals surface area contributed by atoms with Gasteiger partial charge in [-0.2, -0.15) is 5.26 Å². The number of hydrogen-bond donors (Lipinski definition) is 0. The van der Waals surface area contributed by atoms with Gasteiger partial charge in [-0.1, -0.05) is 130 Å². The van der Waals surface area contributed by atoms with E-state index >= 15 is 0 Å². The van der Waals surface area contributed by atoms with Crippen LogP contribution in [0.3, 0.4) is 0 Å². The molecule has 8 aromatic rings. The largest absolute Gasteiger partial charge is 0.248 e. The predicted molar refractivity (Wildman–Crippen MR) is 216 cm³/mol. The Balaban J connectivity index is 1.25. The van der Waals surface area contributed by atoms with Crippen LogP contribution in [0.1, 0.15) is 36.2 Å². The predicted octanol–water partition coefficient (Wildman–Crippen LogP) is 13.0. The molecule has 0 N–H and O–H groups in total. The lowest BCUT2D eigenvalue weighted by atomic mass is 9.81. The number of aromatic nitrogens is 1. The Bertz CT molecular complexity index is 2860. The van der Waals surface area contributed by atoms with Gasteiger partial charge < -0.3 is 0 Å². The molecule has 0 spiro atoms. The van der Waals surface area contributed by atoms with Crippen molar-refractivity contribution in [1.82, 2.24) is 4.98 Å². The van der Waals surface area contributed by atoms with Crippen molar-refractivity contribution in [2.45, 2.75) is 19.3 Å². The van der Waals surface area contributed by atoms with Crippen LogP contribution in [0, 0.1) is 11.3 Å². The van der Waals surface area contributed by atoms with Crippen LogP contribution in [0.4, 0.5) is 0 Å². The van der Waals surface area contributed by atoms with E-state index in [4.69, 9.17) is 4.98 Å². The van der Waals surface area contributed by atoms with Crippen molar-refractivity contribution in [3.63, 3.8) is 0 Å². The summed E-state index contributed by atoms with van der Waals surface area (Å²) in [5.41, 5.74) is 12.1. The number of benzene rings is 7. The van der Waals surface area contributed by atoms with Gasteiger partial charge in [0.1, 0.15) is 0 Å². The molecule has 7 aromatic carbocycles. The average molecular weight is 651 g/mol. The smallest absolute Gasteiger partial charge is 0.0991 e. The molecule has 0 atom stereocenters. The maximum Gasteiger partial charge on any atom is 0.0991 e. The Morgan fingerprint density at radius 2 is 1.29 bits per heavy atom. The molecule has 2 heteroatoms. The van der Waals surface area contributed by atoms with E-state index in [9.17, 15) is 5.26 Å². The monoisotopic (exact) mass is 650 g/mol. The normalized spacial score (nSPS) is 13.4. The SMILES string of the molecule is C=C/C=C\C=C\c1nc2cc3ccccc3cc2c2c1cc(-c1cccc(-c3ccc4c(c3)C(C)(C)c3cc(C#N)ccc3-4)c1)c1ccccc12. The van der Waals surface area contributed by atoms with Crippen LogP contribution in [-0.4, -0.2) is 4.98 Å². The third kappa shape index (κ3) is 4.90. The Hall–Kier alpha value is -6.56. The Morgan fingerprint density at radius 1 is 0.588 bits per heavy atom. The number of fused-ring (bicyclic) bond motifs is 9. The summed E-state index contributed by atoms with van der Waals surface area (Å²) < 4.78 is 0. The highest BCUT2D eigenvalue weighted by Crippen LogP contribution is 2.50. The second-order valence-electron chi connectivity index (χ2n) is 13.9. The van der Waals surface area contributed by atoms with Crippen LogP contribution < -0.4 is 0 Å². The lowest BCUT2D eigenvalue weighted by Gasteiger charge is -2.22. The minimum atomic E-state index is -0.203. The number of rotatable bonds is 5. The van der Waals surface area contributed by atoms with E-state index in [1.54, 1.807) is 6.08 Å². The summed E-state index contributed by atoms with van der Waals surface area (Å²) in [5, 5.41) is 17.9. The molecule has 0 unspecified atom stereocenters. The first kappa shape index (κ1) is 30.5. The van der Waals surface area contributed by atoms with Crippen molar-refractivity contribution in [3.8, 4) is 39.4 Å². The molecule has 240 valence electrons. The molecule has 1 aliphatic rings. The van der Waals surface area contributed by atoms with E-state index in [-0.39, 0.29) is 5.41 Å². The molecule has 0 saturated carbocycles. The highest BCUT2D eigenvalue weighted by molar-refractivity contribution is 6.25. The summed E-state index contributed by atoms with van der Waals surface area (Å²) >= 11 is 0. The molecule has 1 aliphatic carbocycles. The van der Waals surface area contributed by atoms with Crippen LogP contribution in [0.5, 0.6) is 0 Å². The van der Waals surface area contributed by atoms with Crippen molar-refractivity contribution in [2.24, 2.45) is 0 Å². The third-order valence-electron chi connectivity index (χ3n) is 10.6. The molecule has 1 heterocycles. The minimum absolute atomic E-state index is 0.203. The Labute approximate surface area is 298 Å². The van der Waals surface area contributed by atoms with Gasteiger partial charge in [-0.05, 0) is 115 Å². The van der Waals surface area contributed by atoms with Crippen molar-refractivity contribution in [2.75, 3.05) is 0 Å². The highest BCUT2D eigenvalue weighted by Gasteiger charge is 2.35. The summed E-state index contributed by atoms with van der Waals surface area (Å²) in [7, 11) is 0. The summed E-state index contributed by atoms with van der Waals surface area (Å²) in [6.45, 7) is 8.35. The van der Waals surface area contributed by atoms with Crippen LogP contribution in [0.15, 0.2) is 158 Å². The number of allylic oxidation sites excluding steroid dienone is 4. The van der Waals surface area contributed by atoms with E-state index in [0.717, 1.165) is 27.5 Å². The fraction of sp³-hybridized carbons (Fsp3) is 0.0612. The van der Waals surface area contributed by atoms with Crippen LogP contribution >= 0.6 is 0 Å². The molecule has 51 heavy (non-hydrogen) atoms. The quantitative estimate of drug-likeness (QED) is 0.106. The van der Waals surface area contributed by atoms with Gasteiger partial charge in [0, 0.05) is 21.6 Å². The molecule has 9 rings (SSSR count). The molecule has 0 bridgehead atoms. The fourth-order valence-corrected chi connectivity index (χ4v) is 8.09. The van der Waals surface area contributed by atoms with Crippen molar-refractivity contribution >= 4 is 49.3 Å². The molecular formula is C49H34N2. The molecule has 0 radical (unpaired) electrons. The van der Waals surface area contributed by atoms with Gasteiger partial charge in [0.2, 0.25) is 0 Å². The zero-order valence-electron chi connectivity index (χ0n) is 28.6. The Morgan fingerprint density at radius 3 is 2.10 bits per heavy atom. The van der Waals surface area contributed by atoms with Crippen LogP contribution in [0.2, 0.25) is 0 Å². The summed E-state index contributed by atoms with van der Waals surface area (Å²) in [5.74, 6) is 0. The van der Waals surface area contributed by atoms with Gasteiger partial charge in [0.15, 0.2) is 0 Å². The minimum Gasteiger partial charge on any atom is -0.248 e. The molecule has 2 nitrogen and oxygen atoms in total. The lowest BCUT2D eigenvalue weighted by Crippen LogP contribution is -2.15. The molecule has 0 fully saturated rings. The van der Waals surface area contributed by atoms with Crippen molar-refractivity contribution in [3.05, 3.63) is 181 Å². The number of nitriles is 1. The number of hydrogen-bond acceptors (Lipinski definition) is 2. The van der Waals surface area contributed by atoms with E-state index in [1.807, 2.05) is 24.3 Å². The summed E-state index contributed by atoms with van der Waals surface area (Å²) in [6.07, 6.45) is 9.86. The highest BCUT2D eigenvalue weighted by atomic mass is 14.7. The van der Waals surface area contributed by atoms with Crippen molar-refractivity contribution < 1.29 is 0 Å². The lowest BCUT2D eigenvalue weighted by molar-refractivity contribution is 0.660. The molecular weight excluding hydrogens is 617 g/mol. The van der Waals surface area contributed by atoms with Crippen molar-refractivity contribution in [1.29, 1.82) is 5.26 Å². The van der Waals surface area contributed by atoms with Gasteiger partial charge in [0.05, 0.1) is 22.8 Å². The van der Waals surface area contributed by atoms with Gasteiger partial charge in [-0.25, -0.2) is 4.98 Å². The standard InChI is InChI=1S/C49H34N2/c1-4-5-6-7-19-46-43-29-41(37-17-10-11-18-40(37)48(43)42-26-33-13-8-9-14-34(33)28-47(42)51-46)36-16-12-15-32(25-36)35-21-23-39-38-22-20-31(30-50)24-44(38)49(2,3)45(39)27-35/h4-29H,1H2,2-3H3/b6-5-,19-7+. The number of nitrogens with zero attached hydrogens (tertiary/aromatic N) is 2. The van der Waals surface area contributed by atoms with Gasteiger partial charge in [-0.3, -0.25) is 0 Å². The third-order valence-corrected chi connectivity index (χ3v) is 10.6. The van der Waals surface area contributed by atoms with E-state index in [0.29, 0.717) is 5.56 Å². The maximum absolute atomic E-state index is 9.59. The van der Waals surface area contributed by atoms with Gasteiger partial charge in [0.25, 0.3) is 0 Å². The van der Waals surface area contributed by atoms with E-state index < -0.39 is 0 Å². The first-order chi connectivity index (χ1) is 24.9. The van der Waals surface area contributed by atoms with Gasteiger partial charge >= 0.3 is 0 Å². The summed E-state index contributed by atoms with van der Waals surface area (Å²) in [6, 6.07) is 48.3. The first-order valence-electron chi connectivity index (χ1n) is 17.4. The van der Waals surface area contributed by atoms with E-state index in [2.05, 4.69) is 154 Å². The zero-order chi connectivity index (χ0) is 34.7. The average Bonchev–Trinajstić information content (AvgIpc) is 3.40. The second-order valence-corrected chi connectivity index (χ2v) is 13.9. The Kier molecular flexibility index (Phi) is 7.05. The fourth-order valence-electron chi connectivity index (χ4n) is 8.09. The number of pyridine rings is 1. The molecule has 1 aromatic heterocycles. The topological polar surface area (TPSA) is 36.7 Å². The maximum atomic E-state index is 9.59. The van der Waals surface area contributed by atoms with Crippen LogP contribution in [0.25, 0.3) is 82.7 Å². The zero-order valence-corrected chi connectivity index (χ0v) is 28.6. The summed E-state index contributed by atoms with van der Waals surface area (Å²) in [4.78, 5) is 5.27. The van der Waals surface area contributed by atoms with E-state index in [1.165, 1.54) is 65.9 Å². The molecule has 0 amide bonds. The van der Waals surface area contributed by atoms with Crippen LogP contribution in [-0.2, 0) is 5.41 Å². The molecule has 0 aliphatic heterocycles. The van der Waals surface area contributed by atoms with Gasteiger partial charge in [-0.15, -0.1) is 0 Å². The second kappa shape index (κ2) is 11.8. The molecule has 0 saturated heterocycles.